The number of carbonyl (C=O) groups is 2. The van der Waals surface area contributed by atoms with Gasteiger partial charge in [-0.15, -0.1) is 0 Å². The highest BCUT2D eigenvalue weighted by molar-refractivity contribution is 7.89. The van der Waals surface area contributed by atoms with Gasteiger partial charge in [0.1, 0.15) is 17.1 Å². The third-order valence-corrected chi connectivity index (χ3v) is 8.24. The van der Waals surface area contributed by atoms with E-state index in [1.165, 1.54) is 22.6 Å². The lowest BCUT2D eigenvalue weighted by Gasteiger charge is -2.22. The van der Waals surface area contributed by atoms with E-state index in [0.717, 1.165) is 0 Å². The van der Waals surface area contributed by atoms with Crippen molar-refractivity contribution in [2.45, 2.75) is 44.1 Å². The fourth-order valence-electron chi connectivity index (χ4n) is 4.38. The normalized spacial score (nSPS) is 21.9. The van der Waals surface area contributed by atoms with Gasteiger partial charge in [0.25, 0.3) is 0 Å². The molecule has 1 aliphatic heterocycles. The quantitative estimate of drug-likeness (QED) is 0.371. The molecule has 1 aliphatic carbocycles. The van der Waals surface area contributed by atoms with Gasteiger partial charge in [-0.05, 0) is 50.7 Å². The van der Waals surface area contributed by atoms with E-state index < -0.39 is 21.6 Å². The highest BCUT2D eigenvalue weighted by Crippen LogP contribution is 2.53. The molecule has 1 aromatic rings. The molecule has 12 heteroatoms. The summed E-state index contributed by atoms with van der Waals surface area (Å²) < 4.78 is 56.4. The smallest absolute Gasteiger partial charge is 0.306 e. The molecule has 0 bridgehead atoms. The summed E-state index contributed by atoms with van der Waals surface area (Å²) in [5.74, 6) is -0.378. The SMILES string of the molecule is COCCN(C)C(=O)C1[C@H]2CN(S(=O)(=O)c3ccc(OCC(=CF)CCC(=O)OC(C)(C)C)nc3)C[C@@H]12. The fraction of sp³-hybridized carbons (Fsp3) is 0.640. The molecule has 37 heavy (non-hydrogen) atoms. The lowest BCUT2D eigenvalue weighted by Crippen LogP contribution is -2.37. The van der Waals surface area contributed by atoms with Crippen LogP contribution >= 0.6 is 0 Å². The van der Waals surface area contributed by atoms with E-state index in [1.54, 1.807) is 39.8 Å². The van der Waals surface area contributed by atoms with Crippen LogP contribution in [0, 0.1) is 17.8 Å². The Labute approximate surface area is 217 Å². The van der Waals surface area contributed by atoms with E-state index in [1.807, 2.05) is 0 Å². The number of fused-ring (bicyclic) bond motifs is 1. The van der Waals surface area contributed by atoms with Crippen molar-refractivity contribution in [1.29, 1.82) is 0 Å². The maximum atomic E-state index is 13.2. The summed E-state index contributed by atoms with van der Waals surface area (Å²) in [7, 11) is -0.457. The summed E-state index contributed by atoms with van der Waals surface area (Å²) in [6.07, 6.45) is 1.72. The second-order valence-corrected chi connectivity index (χ2v) is 12.3. The van der Waals surface area contributed by atoms with Crippen molar-refractivity contribution in [3.05, 3.63) is 30.2 Å². The van der Waals surface area contributed by atoms with Gasteiger partial charge in [-0.2, -0.15) is 4.31 Å². The van der Waals surface area contributed by atoms with E-state index in [9.17, 15) is 22.4 Å². The zero-order valence-electron chi connectivity index (χ0n) is 22.0. The molecule has 1 saturated carbocycles. The molecule has 3 rings (SSSR count). The van der Waals surface area contributed by atoms with E-state index >= 15 is 0 Å². The van der Waals surface area contributed by atoms with Crippen LogP contribution in [-0.4, -0.2) is 87.1 Å². The van der Waals surface area contributed by atoms with Crippen molar-refractivity contribution in [3.63, 3.8) is 0 Å². The van der Waals surface area contributed by atoms with Crippen molar-refractivity contribution in [2.24, 2.45) is 17.8 Å². The van der Waals surface area contributed by atoms with E-state index in [-0.39, 0.29) is 59.5 Å². The number of carbonyl (C=O) groups excluding carboxylic acids is 2. The van der Waals surface area contributed by atoms with Crippen LogP contribution in [0.2, 0.25) is 0 Å². The van der Waals surface area contributed by atoms with Gasteiger partial charge in [0, 0.05) is 52.2 Å². The number of hydrogen-bond acceptors (Lipinski definition) is 8. The Kier molecular flexibility index (Phi) is 9.30. The van der Waals surface area contributed by atoms with Gasteiger partial charge in [-0.3, -0.25) is 9.59 Å². The van der Waals surface area contributed by atoms with E-state index in [0.29, 0.717) is 32.6 Å². The molecule has 3 atom stereocenters. The zero-order chi connectivity index (χ0) is 27.4. The van der Waals surface area contributed by atoms with Crippen LogP contribution in [0.5, 0.6) is 5.88 Å². The minimum Gasteiger partial charge on any atom is -0.473 e. The van der Waals surface area contributed by atoms with Crippen LogP contribution in [0.15, 0.2) is 35.1 Å². The first kappa shape index (κ1) is 29.0. The second-order valence-electron chi connectivity index (χ2n) is 10.4. The molecule has 0 aromatic carbocycles. The Morgan fingerprint density at radius 3 is 2.43 bits per heavy atom. The average Bonchev–Trinajstić information content (AvgIpc) is 3.32. The van der Waals surface area contributed by atoms with Crippen LogP contribution in [0.25, 0.3) is 0 Å². The van der Waals surface area contributed by atoms with Gasteiger partial charge in [0.2, 0.25) is 21.8 Å². The van der Waals surface area contributed by atoms with Crippen LogP contribution in [-0.2, 0) is 29.1 Å². The molecule has 2 heterocycles. The third-order valence-electron chi connectivity index (χ3n) is 6.43. The van der Waals surface area contributed by atoms with Crippen LogP contribution in [0.4, 0.5) is 4.39 Å². The molecular formula is C25H36FN3O7S. The number of likely N-dealkylation sites (N-methyl/N-ethyl adjacent to an activating group) is 1. The van der Waals surface area contributed by atoms with Gasteiger partial charge in [-0.1, -0.05) is 0 Å². The maximum absolute atomic E-state index is 13.2. The number of hydrogen-bond donors (Lipinski definition) is 0. The molecular weight excluding hydrogens is 505 g/mol. The first-order valence-corrected chi connectivity index (χ1v) is 13.6. The largest absolute Gasteiger partial charge is 0.473 e. The number of piperidine rings is 1. The van der Waals surface area contributed by atoms with Crippen molar-refractivity contribution < 1.29 is 36.6 Å². The van der Waals surface area contributed by atoms with Crippen LogP contribution in [0.3, 0.4) is 0 Å². The molecule has 0 N–H and O–H groups in total. The molecule has 1 amide bonds. The molecule has 1 aromatic heterocycles. The standard InChI is InChI=1S/C25H36FN3O7S/c1-25(2,3)36-22(30)9-6-17(12-26)16-35-21-8-7-18(13-27-21)37(32,33)29-14-19-20(15-29)23(19)24(31)28(4)10-11-34-5/h7-8,12-13,19-20,23H,6,9-11,14-16H2,1-5H3/t19-,20+,23?. The number of pyridine rings is 1. The number of rotatable bonds is 12. The Bertz CT molecular complexity index is 1090. The Hall–Kier alpha value is -2.57. The Morgan fingerprint density at radius 1 is 1.22 bits per heavy atom. The van der Waals surface area contributed by atoms with Gasteiger partial charge < -0.3 is 19.1 Å². The summed E-state index contributed by atoms with van der Waals surface area (Å²) in [6, 6.07) is 2.80. The molecule has 0 spiro atoms. The fourth-order valence-corrected chi connectivity index (χ4v) is 5.84. The predicted molar refractivity (Wildman–Crippen MR) is 133 cm³/mol. The van der Waals surface area contributed by atoms with E-state index in [4.69, 9.17) is 14.2 Å². The summed E-state index contributed by atoms with van der Waals surface area (Å²) in [5, 5.41) is 0. The number of amides is 1. The van der Waals surface area contributed by atoms with Crippen molar-refractivity contribution in [1.82, 2.24) is 14.2 Å². The van der Waals surface area contributed by atoms with Gasteiger partial charge in [-0.25, -0.2) is 17.8 Å². The summed E-state index contributed by atoms with van der Waals surface area (Å²) >= 11 is 0. The summed E-state index contributed by atoms with van der Waals surface area (Å²) in [6.45, 7) is 6.67. The predicted octanol–water partition coefficient (Wildman–Crippen LogP) is 2.41. The highest BCUT2D eigenvalue weighted by Gasteiger charge is 2.61. The molecule has 2 aliphatic rings. The first-order chi connectivity index (χ1) is 17.4. The summed E-state index contributed by atoms with van der Waals surface area (Å²) in [4.78, 5) is 30.1. The molecule has 206 valence electrons. The molecule has 1 saturated heterocycles. The Morgan fingerprint density at radius 2 is 1.89 bits per heavy atom. The zero-order valence-corrected chi connectivity index (χ0v) is 22.8. The number of halogens is 1. The van der Waals surface area contributed by atoms with Crippen LogP contribution in [0.1, 0.15) is 33.6 Å². The molecule has 2 fully saturated rings. The average molecular weight is 542 g/mol. The van der Waals surface area contributed by atoms with Gasteiger partial charge >= 0.3 is 5.97 Å². The minimum atomic E-state index is -3.76. The molecule has 0 radical (unpaired) electrons. The monoisotopic (exact) mass is 541 g/mol. The van der Waals surface area contributed by atoms with Crippen LogP contribution < -0.4 is 4.74 Å². The highest BCUT2D eigenvalue weighted by atomic mass is 32.2. The second kappa shape index (κ2) is 11.9. The Balaban J connectivity index is 1.48. The molecule has 1 unspecified atom stereocenters. The first-order valence-electron chi connectivity index (χ1n) is 12.2. The lowest BCUT2D eigenvalue weighted by molar-refractivity contribution is -0.154. The summed E-state index contributed by atoms with van der Waals surface area (Å²) in [5.41, 5.74) is -0.369. The molecule has 10 nitrogen and oxygen atoms in total. The number of aromatic nitrogens is 1. The topological polar surface area (TPSA) is 115 Å². The minimum absolute atomic E-state index is 0.00864. The third kappa shape index (κ3) is 7.48. The van der Waals surface area contributed by atoms with Gasteiger partial charge in [0.05, 0.1) is 19.1 Å². The van der Waals surface area contributed by atoms with Crippen molar-refractivity contribution in [3.8, 4) is 5.88 Å². The van der Waals surface area contributed by atoms with Crippen molar-refractivity contribution >= 4 is 21.9 Å². The number of esters is 1. The number of sulfonamides is 1. The lowest BCUT2D eigenvalue weighted by atomic mass is 10.1. The number of ether oxygens (including phenoxy) is 3. The maximum Gasteiger partial charge on any atom is 0.306 e. The number of methoxy groups -OCH3 is 1. The number of nitrogens with zero attached hydrogens (tertiary/aromatic N) is 3. The van der Waals surface area contributed by atoms with Crippen molar-refractivity contribution in [2.75, 3.05) is 47.0 Å². The van der Waals surface area contributed by atoms with Gasteiger partial charge in [0.15, 0.2) is 0 Å². The van der Waals surface area contributed by atoms with E-state index in [2.05, 4.69) is 4.98 Å².